The molecule has 2 aromatic rings. The molecule has 14 heteroatoms. The normalized spacial score (nSPS) is 20.1. The Morgan fingerprint density at radius 3 is 1.85 bits per heavy atom. The van der Waals surface area contributed by atoms with Gasteiger partial charge in [0.1, 0.15) is 5.54 Å². The molecule has 0 saturated carbocycles. The summed E-state index contributed by atoms with van der Waals surface area (Å²) in [6, 6.07) is 19.7. The first-order valence-electron chi connectivity index (χ1n) is 17.9. The molecule has 4 rings (SSSR count). The highest BCUT2D eigenvalue weighted by Gasteiger charge is 2.65. The van der Waals surface area contributed by atoms with Gasteiger partial charge in [0.15, 0.2) is 0 Å². The Balaban J connectivity index is 1.37. The lowest BCUT2D eigenvalue weighted by atomic mass is 9.70. The summed E-state index contributed by atoms with van der Waals surface area (Å²) in [4.78, 5) is 57.6. The number of imide groups is 1. The first-order chi connectivity index (χ1) is 24.6. The van der Waals surface area contributed by atoms with E-state index in [0.717, 1.165) is 39.4 Å². The largest absolute Gasteiger partial charge is 0.407 e. The number of carbonyl (C=O) groups excluding carboxylic acids is 4. The number of amides is 3. The lowest BCUT2D eigenvalue weighted by molar-refractivity contribution is -0.205. The minimum Gasteiger partial charge on any atom is -0.407 e. The Morgan fingerprint density at radius 1 is 0.849 bits per heavy atom. The van der Waals surface area contributed by atoms with E-state index in [4.69, 9.17) is 18.2 Å². The first kappa shape index (κ1) is 42.1. The highest BCUT2D eigenvalue weighted by Crippen LogP contribution is 2.47. The third-order valence-corrected chi connectivity index (χ3v) is 16.2. The Labute approximate surface area is 315 Å². The fourth-order valence-electron chi connectivity index (χ4n) is 7.17. The van der Waals surface area contributed by atoms with Gasteiger partial charge in [0.05, 0.1) is 31.6 Å². The van der Waals surface area contributed by atoms with Gasteiger partial charge in [-0.05, 0) is 32.7 Å². The van der Waals surface area contributed by atoms with Gasteiger partial charge in [-0.3, -0.25) is 28.3 Å². The van der Waals surface area contributed by atoms with Crippen LogP contribution >= 0.6 is 0 Å². The summed E-state index contributed by atoms with van der Waals surface area (Å²) in [6.45, 7) is 16.6. The fraction of sp³-hybridized carbons (Fsp3) is 0.538. The predicted octanol–water partition coefficient (Wildman–Crippen LogP) is 4.13. The third-order valence-electron chi connectivity index (χ3n) is 10.0. The fourth-order valence-corrected chi connectivity index (χ4v) is 12.7. The van der Waals surface area contributed by atoms with Crippen LogP contribution in [-0.4, -0.2) is 94.2 Å². The molecule has 0 bridgehead atoms. The number of carbonyl (C=O) groups is 4. The van der Waals surface area contributed by atoms with E-state index in [1.807, 2.05) is 50.2 Å². The molecule has 1 saturated heterocycles. The lowest BCUT2D eigenvalue weighted by Gasteiger charge is -2.44. The van der Waals surface area contributed by atoms with Crippen LogP contribution in [0, 0.1) is 10.8 Å². The number of hydrogen-bond acceptors (Lipinski definition) is 10. The molecule has 12 nitrogen and oxygen atoms in total. The number of rotatable bonds is 16. The minimum absolute atomic E-state index is 0.0726. The van der Waals surface area contributed by atoms with Gasteiger partial charge in [-0.1, -0.05) is 116 Å². The van der Waals surface area contributed by atoms with E-state index in [9.17, 15) is 27.6 Å². The van der Waals surface area contributed by atoms with Crippen molar-refractivity contribution in [2.45, 2.75) is 91.8 Å². The molecule has 0 unspecified atom stereocenters. The van der Waals surface area contributed by atoms with Gasteiger partial charge < -0.3 is 14.0 Å². The average molecular weight is 771 g/mol. The Kier molecular flexibility index (Phi) is 12.7. The first-order valence-corrected chi connectivity index (χ1v) is 21.3. The maximum Gasteiger partial charge on any atom is 0.329 e. The number of hydrogen-bond donors (Lipinski definition) is 0. The van der Waals surface area contributed by atoms with E-state index in [0.29, 0.717) is 13.0 Å². The zero-order valence-electron chi connectivity index (χ0n) is 32.3. The highest BCUT2D eigenvalue weighted by atomic mass is 32.2. The maximum atomic E-state index is 13.9. The van der Waals surface area contributed by atoms with Crippen molar-refractivity contribution in [1.82, 2.24) is 9.96 Å². The number of hydroxylamine groups is 2. The second kappa shape index (κ2) is 16.0. The van der Waals surface area contributed by atoms with Crippen LogP contribution in [0.25, 0.3) is 0 Å². The van der Waals surface area contributed by atoms with Crippen LogP contribution in [0.2, 0.25) is 5.04 Å². The van der Waals surface area contributed by atoms with Crippen molar-refractivity contribution in [3.8, 4) is 0 Å². The molecule has 2 aliphatic heterocycles. The number of ether oxygens (including phenoxy) is 1. The van der Waals surface area contributed by atoms with Gasteiger partial charge in [-0.15, -0.1) is 0 Å². The zero-order valence-corrected chi connectivity index (χ0v) is 34.2. The predicted molar refractivity (Wildman–Crippen MR) is 203 cm³/mol. The van der Waals surface area contributed by atoms with Gasteiger partial charge in [-0.2, -0.15) is 13.5 Å². The Bertz CT molecular complexity index is 1730. The summed E-state index contributed by atoms with van der Waals surface area (Å²) in [5.41, 5.74) is -3.18. The highest BCUT2D eigenvalue weighted by molar-refractivity contribution is 7.86. The van der Waals surface area contributed by atoms with Crippen molar-refractivity contribution in [1.29, 1.82) is 0 Å². The van der Waals surface area contributed by atoms with E-state index in [-0.39, 0.29) is 31.3 Å². The summed E-state index contributed by atoms with van der Waals surface area (Å²) >= 11 is 0. The molecule has 2 atom stereocenters. The maximum absolute atomic E-state index is 13.9. The Hall–Kier alpha value is -3.69. The molecule has 3 amide bonds. The second-order valence-corrected chi connectivity index (χ2v) is 22.6. The molecule has 1 fully saturated rings. The zero-order chi connectivity index (χ0) is 39.5. The molecule has 0 aliphatic carbocycles. The molecular formula is C39H54N2O10SSi. The summed E-state index contributed by atoms with van der Waals surface area (Å²) in [5.74, 6) is -3.28. The van der Waals surface area contributed by atoms with Crippen LogP contribution in [0.4, 0.5) is 0 Å². The molecule has 2 aromatic carbocycles. The second-order valence-electron chi connectivity index (χ2n) is 16.6. The van der Waals surface area contributed by atoms with E-state index < -0.39 is 70.3 Å². The molecule has 0 aromatic heterocycles. The third kappa shape index (κ3) is 9.00. The minimum atomic E-state index is -4.02. The van der Waals surface area contributed by atoms with Gasteiger partial charge >= 0.3 is 5.97 Å². The summed E-state index contributed by atoms with van der Waals surface area (Å²) in [6.07, 6.45) is 2.64. The molecule has 53 heavy (non-hydrogen) atoms. The van der Waals surface area contributed by atoms with Crippen LogP contribution in [0.3, 0.4) is 0 Å². The number of benzene rings is 2. The van der Waals surface area contributed by atoms with Gasteiger partial charge in [0, 0.05) is 32.1 Å². The molecule has 2 heterocycles. The van der Waals surface area contributed by atoms with Crippen LogP contribution in [0.15, 0.2) is 72.8 Å². The molecule has 290 valence electrons. The van der Waals surface area contributed by atoms with Crippen molar-refractivity contribution < 1.29 is 45.8 Å². The standard InChI is InChI=1S/C39H54N2O10SSi/c1-29(42)51-41-30(26-39(35(41)45,36(2,3)4)40-33(43)20-21-34(40)44)27-48-24-25-52(46,47)49-28-38(8,9)22-23-50-53(37(5,6)7,31-16-12-10-13-17-31)32-18-14-11-15-19-32/h10-21,30H,22-28H2,1-9H3/t30-,39-/m0/s1. The molecule has 0 spiro atoms. The monoisotopic (exact) mass is 770 g/mol. The molecule has 0 radical (unpaired) electrons. The molecular weight excluding hydrogens is 717 g/mol. The van der Waals surface area contributed by atoms with Gasteiger partial charge in [-0.25, -0.2) is 0 Å². The van der Waals surface area contributed by atoms with Gasteiger partial charge in [0.25, 0.3) is 36.2 Å². The average Bonchev–Trinajstić information content (AvgIpc) is 3.55. The van der Waals surface area contributed by atoms with Gasteiger partial charge in [0.2, 0.25) is 0 Å². The van der Waals surface area contributed by atoms with Crippen molar-refractivity contribution in [2.75, 3.05) is 32.2 Å². The summed E-state index contributed by atoms with van der Waals surface area (Å²) in [5, 5.41) is 2.96. The van der Waals surface area contributed by atoms with Crippen LogP contribution in [0.1, 0.15) is 75.2 Å². The van der Waals surface area contributed by atoms with E-state index in [1.165, 1.54) is 0 Å². The van der Waals surface area contributed by atoms with Crippen LogP contribution < -0.4 is 10.4 Å². The molecule has 2 aliphatic rings. The summed E-state index contributed by atoms with van der Waals surface area (Å²) in [7, 11) is -6.78. The SMILES string of the molecule is CC(=O)ON1C(=O)[C@](N2C(=O)C=CC2=O)(C(C)(C)C)C[C@H]1COCCS(=O)(=O)OCC(C)(C)CCO[Si](c1ccccc1)(c1ccccc1)C(C)(C)C. The van der Waals surface area contributed by atoms with Crippen molar-refractivity contribution >= 4 is 52.5 Å². The quantitative estimate of drug-likeness (QED) is 0.106. The van der Waals surface area contributed by atoms with Crippen molar-refractivity contribution in [2.24, 2.45) is 10.8 Å². The van der Waals surface area contributed by atoms with E-state index >= 15 is 0 Å². The van der Waals surface area contributed by atoms with E-state index in [2.05, 4.69) is 45.0 Å². The smallest absolute Gasteiger partial charge is 0.329 e. The summed E-state index contributed by atoms with van der Waals surface area (Å²) < 4.78 is 44.2. The van der Waals surface area contributed by atoms with Crippen molar-refractivity contribution in [3.05, 3.63) is 72.8 Å². The molecule has 0 N–H and O–H groups in total. The number of nitrogens with zero attached hydrogens (tertiary/aromatic N) is 2. The Morgan fingerprint density at radius 2 is 1.38 bits per heavy atom. The topological polar surface area (TPSA) is 146 Å². The van der Waals surface area contributed by atoms with Crippen LogP contribution in [0.5, 0.6) is 0 Å². The van der Waals surface area contributed by atoms with E-state index in [1.54, 1.807) is 20.8 Å². The van der Waals surface area contributed by atoms with Crippen LogP contribution in [-0.2, 0) is 47.5 Å². The van der Waals surface area contributed by atoms with Crippen molar-refractivity contribution in [3.63, 3.8) is 0 Å². The lowest BCUT2D eigenvalue weighted by Crippen LogP contribution is -2.66.